The zero-order valence-corrected chi connectivity index (χ0v) is 15.1. The summed E-state index contributed by atoms with van der Waals surface area (Å²) in [5.74, 6) is -0.689. The van der Waals surface area contributed by atoms with Crippen molar-refractivity contribution >= 4 is 12.1 Å². The molecule has 1 aromatic rings. The summed E-state index contributed by atoms with van der Waals surface area (Å²) >= 11 is 0. The van der Waals surface area contributed by atoms with Gasteiger partial charge in [-0.2, -0.15) is 0 Å². The van der Waals surface area contributed by atoms with Crippen LogP contribution in [-0.2, 0) is 14.3 Å². The van der Waals surface area contributed by atoms with E-state index >= 15 is 0 Å². The van der Waals surface area contributed by atoms with Crippen LogP contribution in [0.1, 0.15) is 39.4 Å². The molecule has 136 valence electrons. The number of amides is 1. The summed E-state index contributed by atoms with van der Waals surface area (Å²) in [6.07, 6.45) is 1.22. The number of carbonyl (C=O) groups excluding carboxylic acids is 2. The highest BCUT2D eigenvalue weighted by Gasteiger charge is 2.55. The quantitative estimate of drug-likeness (QED) is 0.669. The van der Waals surface area contributed by atoms with E-state index in [0.717, 1.165) is 0 Å². The zero-order chi connectivity index (χ0) is 18.7. The summed E-state index contributed by atoms with van der Waals surface area (Å²) in [4.78, 5) is 26.7. The van der Waals surface area contributed by atoms with Gasteiger partial charge in [0.1, 0.15) is 11.7 Å². The van der Waals surface area contributed by atoms with E-state index in [4.69, 9.17) is 9.47 Å². The van der Waals surface area contributed by atoms with Crippen LogP contribution in [0.5, 0.6) is 0 Å². The van der Waals surface area contributed by atoms with Gasteiger partial charge in [0.15, 0.2) is 5.54 Å². The van der Waals surface area contributed by atoms with Crippen molar-refractivity contribution in [2.75, 3.05) is 13.2 Å². The Labute approximate surface area is 148 Å². The van der Waals surface area contributed by atoms with Gasteiger partial charge in [0, 0.05) is 6.54 Å². The Morgan fingerprint density at radius 3 is 2.48 bits per heavy atom. The standard InChI is InChI=1S/C19H25NO5/c1-5-24-16(22)19(15(21)14-10-7-6-8-11-14)12-9-13-20(19)17(23)25-18(2,3)4/h6-12,15,21H,5,13H2,1-4H3/t15-,19+/m1/s1. The number of esters is 1. The predicted octanol–water partition coefficient (Wildman–Crippen LogP) is 2.83. The number of nitrogens with zero attached hydrogens (tertiary/aromatic N) is 1. The van der Waals surface area contributed by atoms with E-state index in [9.17, 15) is 14.7 Å². The van der Waals surface area contributed by atoms with Crippen LogP contribution in [0.15, 0.2) is 42.5 Å². The number of aliphatic hydroxyl groups is 1. The van der Waals surface area contributed by atoms with E-state index in [1.807, 2.05) is 6.07 Å². The first-order valence-corrected chi connectivity index (χ1v) is 8.31. The van der Waals surface area contributed by atoms with Gasteiger partial charge in [0.25, 0.3) is 0 Å². The lowest BCUT2D eigenvalue weighted by Crippen LogP contribution is -2.58. The summed E-state index contributed by atoms with van der Waals surface area (Å²) in [6, 6.07) is 8.72. The second-order valence-corrected chi connectivity index (χ2v) is 6.85. The third kappa shape index (κ3) is 3.85. The molecule has 1 heterocycles. The largest absolute Gasteiger partial charge is 0.464 e. The predicted molar refractivity (Wildman–Crippen MR) is 92.8 cm³/mol. The fourth-order valence-corrected chi connectivity index (χ4v) is 2.79. The molecule has 0 bridgehead atoms. The lowest BCUT2D eigenvalue weighted by Gasteiger charge is -2.39. The minimum Gasteiger partial charge on any atom is -0.464 e. The molecule has 1 aliphatic rings. The van der Waals surface area contributed by atoms with Gasteiger partial charge < -0.3 is 14.6 Å². The van der Waals surface area contributed by atoms with Crippen molar-refractivity contribution in [2.24, 2.45) is 0 Å². The van der Waals surface area contributed by atoms with Crippen molar-refractivity contribution < 1.29 is 24.2 Å². The van der Waals surface area contributed by atoms with Crippen molar-refractivity contribution in [2.45, 2.75) is 44.9 Å². The average Bonchev–Trinajstić information content (AvgIpc) is 3.00. The number of hydrogen-bond acceptors (Lipinski definition) is 5. The van der Waals surface area contributed by atoms with Crippen LogP contribution in [0.4, 0.5) is 4.79 Å². The molecule has 0 aromatic heterocycles. The molecular formula is C19H25NO5. The third-order valence-electron chi connectivity index (χ3n) is 3.86. The maximum atomic E-state index is 12.8. The number of ether oxygens (including phenoxy) is 2. The van der Waals surface area contributed by atoms with Gasteiger partial charge in [-0.25, -0.2) is 9.59 Å². The second kappa shape index (κ2) is 7.27. The number of carbonyl (C=O) groups is 2. The average molecular weight is 347 g/mol. The van der Waals surface area contributed by atoms with Gasteiger partial charge in [0.2, 0.25) is 0 Å². The lowest BCUT2D eigenvalue weighted by molar-refractivity contribution is -0.160. The van der Waals surface area contributed by atoms with Crippen LogP contribution < -0.4 is 0 Å². The molecule has 0 spiro atoms. The van der Waals surface area contributed by atoms with Crippen LogP contribution in [0, 0.1) is 0 Å². The van der Waals surface area contributed by atoms with Crippen molar-refractivity contribution in [1.29, 1.82) is 0 Å². The Morgan fingerprint density at radius 1 is 1.28 bits per heavy atom. The van der Waals surface area contributed by atoms with Gasteiger partial charge in [0.05, 0.1) is 6.61 Å². The lowest BCUT2D eigenvalue weighted by atomic mass is 9.87. The summed E-state index contributed by atoms with van der Waals surface area (Å²) in [7, 11) is 0. The van der Waals surface area contributed by atoms with Gasteiger partial charge in [-0.15, -0.1) is 0 Å². The summed E-state index contributed by atoms with van der Waals surface area (Å²) < 4.78 is 10.6. The first kappa shape index (κ1) is 19.0. The fraction of sp³-hybridized carbons (Fsp3) is 0.474. The number of benzene rings is 1. The molecule has 2 atom stereocenters. The molecule has 1 aliphatic heterocycles. The molecule has 0 radical (unpaired) electrons. The monoisotopic (exact) mass is 347 g/mol. The van der Waals surface area contributed by atoms with E-state index in [1.54, 1.807) is 58.0 Å². The van der Waals surface area contributed by atoms with Crippen LogP contribution in [0.25, 0.3) is 0 Å². The van der Waals surface area contributed by atoms with Gasteiger partial charge in [-0.05, 0) is 39.3 Å². The third-order valence-corrected chi connectivity index (χ3v) is 3.86. The maximum absolute atomic E-state index is 12.8. The summed E-state index contributed by atoms with van der Waals surface area (Å²) in [5.41, 5.74) is -1.87. The molecule has 0 saturated carbocycles. The summed E-state index contributed by atoms with van der Waals surface area (Å²) in [5, 5.41) is 11.0. The highest BCUT2D eigenvalue weighted by Crippen LogP contribution is 2.38. The van der Waals surface area contributed by atoms with Crippen LogP contribution in [0.2, 0.25) is 0 Å². The molecule has 1 N–H and O–H groups in total. The molecule has 0 saturated heterocycles. The van der Waals surface area contributed by atoms with E-state index in [1.165, 1.54) is 11.0 Å². The molecule has 0 unspecified atom stereocenters. The molecule has 2 rings (SSSR count). The van der Waals surface area contributed by atoms with E-state index in [0.29, 0.717) is 5.56 Å². The summed E-state index contributed by atoms with van der Waals surface area (Å²) in [6.45, 7) is 7.20. The molecule has 1 amide bonds. The Morgan fingerprint density at radius 2 is 1.92 bits per heavy atom. The smallest absolute Gasteiger partial charge is 0.411 e. The van der Waals surface area contributed by atoms with Crippen molar-refractivity contribution in [3.05, 3.63) is 48.0 Å². The molecule has 1 aromatic carbocycles. The van der Waals surface area contributed by atoms with Crippen LogP contribution >= 0.6 is 0 Å². The van der Waals surface area contributed by atoms with Gasteiger partial charge >= 0.3 is 12.1 Å². The number of aliphatic hydroxyl groups excluding tert-OH is 1. The minimum atomic E-state index is -1.65. The Kier molecular flexibility index (Phi) is 5.52. The topological polar surface area (TPSA) is 76.1 Å². The van der Waals surface area contributed by atoms with Crippen molar-refractivity contribution in [1.82, 2.24) is 4.90 Å². The maximum Gasteiger partial charge on any atom is 0.411 e. The Bertz CT molecular complexity index is 650. The van der Waals surface area contributed by atoms with Gasteiger partial charge in [-0.1, -0.05) is 36.4 Å². The van der Waals surface area contributed by atoms with Gasteiger partial charge in [-0.3, -0.25) is 4.90 Å². The van der Waals surface area contributed by atoms with Crippen LogP contribution in [-0.4, -0.2) is 46.4 Å². The highest BCUT2D eigenvalue weighted by molar-refractivity contribution is 5.90. The molecule has 6 nitrogen and oxygen atoms in total. The number of rotatable bonds is 4. The van der Waals surface area contributed by atoms with Crippen molar-refractivity contribution in [3.8, 4) is 0 Å². The second-order valence-electron chi connectivity index (χ2n) is 6.85. The first-order valence-electron chi connectivity index (χ1n) is 8.31. The molecular weight excluding hydrogens is 322 g/mol. The molecule has 0 fully saturated rings. The molecule has 0 aliphatic carbocycles. The van der Waals surface area contributed by atoms with Crippen molar-refractivity contribution in [3.63, 3.8) is 0 Å². The Hall–Kier alpha value is -2.34. The van der Waals surface area contributed by atoms with E-state index in [2.05, 4.69) is 0 Å². The minimum absolute atomic E-state index is 0.137. The van der Waals surface area contributed by atoms with E-state index < -0.39 is 29.3 Å². The zero-order valence-electron chi connectivity index (χ0n) is 15.1. The normalized spacial score (nSPS) is 21.1. The van der Waals surface area contributed by atoms with Crippen LogP contribution in [0.3, 0.4) is 0 Å². The fourth-order valence-electron chi connectivity index (χ4n) is 2.79. The Balaban J connectivity index is 2.45. The molecule has 6 heteroatoms. The molecule has 25 heavy (non-hydrogen) atoms. The first-order chi connectivity index (χ1) is 11.7. The number of hydrogen-bond donors (Lipinski definition) is 1. The van der Waals surface area contributed by atoms with E-state index in [-0.39, 0.29) is 13.2 Å². The highest BCUT2D eigenvalue weighted by atomic mass is 16.6. The SMILES string of the molecule is CCOC(=O)[C@@]1([C@H](O)c2ccccc2)C=CCN1C(=O)OC(C)(C)C.